The summed E-state index contributed by atoms with van der Waals surface area (Å²) in [5, 5.41) is 11.6. The molecule has 0 saturated carbocycles. The molecule has 0 aliphatic heterocycles. The van der Waals surface area contributed by atoms with Crippen LogP contribution in [0.2, 0.25) is 0 Å². The summed E-state index contributed by atoms with van der Waals surface area (Å²) >= 11 is 1.47. The highest BCUT2D eigenvalue weighted by Gasteiger charge is 2.17. The molecule has 1 aromatic heterocycles. The lowest BCUT2D eigenvalue weighted by Crippen LogP contribution is -2.11. The van der Waals surface area contributed by atoms with Crippen molar-refractivity contribution in [1.82, 2.24) is 0 Å². The average molecular weight is 238 g/mol. The maximum Gasteiger partial charge on any atom is 0.149 e. The molecule has 3 nitrogen and oxygen atoms in total. The van der Waals surface area contributed by atoms with Gasteiger partial charge in [0.15, 0.2) is 0 Å². The van der Waals surface area contributed by atoms with Gasteiger partial charge in [-0.25, -0.2) is 4.39 Å². The van der Waals surface area contributed by atoms with Crippen LogP contribution in [0, 0.1) is 5.82 Å². The summed E-state index contributed by atoms with van der Waals surface area (Å²) in [6, 6.07) is 5.89. The van der Waals surface area contributed by atoms with Crippen LogP contribution >= 0.6 is 11.3 Å². The van der Waals surface area contributed by atoms with Gasteiger partial charge >= 0.3 is 0 Å². The minimum absolute atomic E-state index is 0.260. The molecule has 1 aromatic carbocycles. The lowest BCUT2D eigenvalue weighted by atomic mass is 10.0. The fourth-order valence-electron chi connectivity index (χ4n) is 1.47. The highest BCUT2D eigenvalue weighted by Crippen LogP contribution is 2.34. The number of thiophene rings is 1. The Balaban J connectivity index is 2.45. The van der Waals surface area contributed by atoms with Crippen molar-refractivity contribution in [2.75, 3.05) is 5.73 Å². The van der Waals surface area contributed by atoms with E-state index in [9.17, 15) is 9.50 Å². The largest absolute Gasteiger partial charge is 0.505 e. The molecular weight excluding hydrogens is 227 g/mol. The van der Waals surface area contributed by atoms with Crippen LogP contribution in [0.1, 0.15) is 16.5 Å². The smallest absolute Gasteiger partial charge is 0.149 e. The van der Waals surface area contributed by atoms with Crippen LogP contribution in [0.5, 0.6) is 5.75 Å². The second kappa shape index (κ2) is 4.11. The summed E-state index contributed by atoms with van der Waals surface area (Å²) < 4.78 is 13.0. The highest BCUT2D eigenvalue weighted by molar-refractivity contribution is 7.10. The van der Waals surface area contributed by atoms with Gasteiger partial charge in [0.1, 0.15) is 17.3 Å². The third-order valence-electron chi connectivity index (χ3n) is 2.38. The van der Waals surface area contributed by atoms with E-state index in [1.807, 2.05) is 17.5 Å². The third kappa shape index (κ3) is 1.75. The number of rotatable bonds is 2. The molecule has 0 amide bonds. The molecule has 0 spiro atoms. The first-order chi connectivity index (χ1) is 7.61. The first-order valence-electron chi connectivity index (χ1n) is 4.67. The number of aromatic hydroxyl groups is 1. The number of anilines is 1. The van der Waals surface area contributed by atoms with Gasteiger partial charge in [0.25, 0.3) is 0 Å². The molecule has 0 unspecified atom stereocenters. The monoisotopic (exact) mass is 238 g/mol. The molecule has 2 rings (SSSR count). The van der Waals surface area contributed by atoms with Gasteiger partial charge in [0, 0.05) is 10.4 Å². The SMILES string of the molecule is Nc1c(F)ccc([C@H](N)c2cccs2)c1O. The summed E-state index contributed by atoms with van der Waals surface area (Å²) in [7, 11) is 0. The van der Waals surface area contributed by atoms with Gasteiger partial charge in [-0.05, 0) is 17.5 Å². The lowest BCUT2D eigenvalue weighted by Gasteiger charge is -2.13. The standard InChI is InChI=1S/C11H11FN2OS/c12-7-4-3-6(11(15)10(7)14)9(13)8-2-1-5-16-8/h1-5,9,15H,13-14H2/t9-/m0/s1. The predicted octanol–water partition coefficient (Wildman–Crippen LogP) is 2.22. The Labute approximate surface area is 96.1 Å². The van der Waals surface area contributed by atoms with Crippen molar-refractivity contribution in [3.63, 3.8) is 0 Å². The van der Waals surface area contributed by atoms with Gasteiger partial charge in [-0.15, -0.1) is 11.3 Å². The maximum absolute atomic E-state index is 13.0. The fourth-order valence-corrected chi connectivity index (χ4v) is 2.22. The second-order valence-corrected chi connectivity index (χ2v) is 4.37. The predicted molar refractivity (Wildman–Crippen MR) is 62.8 cm³/mol. The summed E-state index contributed by atoms with van der Waals surface area (Å²) in [6.07, 6.45) is 0. The van der Waals surface area contributed by atoms with Crippen LogP contribution < -0.4 is 11.5 Å². The van der Waals surface area contributed by atoms with Crippen molar-refractivity contribution in [1.29, 1.82) is 0 Å². The summed E-state index contributed by atoms with van der Waals surface area (Å²) in [5.41, 5.74) is 11.5. The molecule has 0 fully saturated rings. The van der Waals surface area contributed by atoms with E-state index in [0.29, 0.717) is 5.56 Å². The molecule has 0 bridgehead atoms. The van der Waals surface area contributed by atoms with Crippen LogP contribution in [0.25, 0.3) is 0 Å². The van der Waals surface area contributed by atoms with Gasteiger partial charge < -0.3 is 16.6 Å². The normalized spacial score (nSPS) is 12.6. The van der Waals surface area contributed by atoms with Crippen molar-refractivity contribution in [2.24, 2.45) is 5.73 Å². The fraction of sp³-hybridized carbons (Fsp3) is 0.0909. The summed E-state index contributed by atoms with van der Waals surface area (Å²) in [4.78, 5) is 0.890. The summed E-state index contributed by atoms with van der Waals surface area (Å²) in [6.45, 7) is 0. The van der Waals surface area contributed by atoms with Crippen molar-refractivity contribution >= 4 is 17.0 Å². The van der Waals surface area contributed by atoms with E-state index in [2.05, 4.69) is 0 Å². The number of hydrogen-bond donors (Lipinski definition) is 3. The highest BCUT2D eigenvalue weighted by atomic mass is 32.1. The first kappa shape index (κ1) is 10.9. The van der Waals surface area contributed by atoms with E-state index < -0.39 is 11.9 Å². The minimum atomic E-state index is -0.639. The molecule has 5 heteroatoms. The number of nitrogens with two attached hydrogens (primary N) is 2. The molecule has 84 valence electrons. The third-order valence-corrected chi connectivity index (χ3v) is 3.34. The van der Waals surface area contributed by atoms with Crippen molar-refractivity contribution in [3.8, 4) is 5.75 Å². The van der Waals surface area contributed by atoms with E-state index >= 15 is 0 Å². The molecule has 16 heavy (non-hydrogen) atoms. The van der Waals surface area contributed by atoms with Crippen molar-refractivity contribution in [3.05, 3.63) is 45.9 Å². The molecule has 0 radical (unpaired) electrons. The Kier molecular flexibility index (Phi) is 2.80. The number of phenols is 1. The van der Waals surface area contributed by atoms with E-state index in [1.54, 1.807) is 0 Å². The molecule has 1 atom stereocenters. The average Bonchev–Trinajstić information content (AvgIpc) is 2.79. The summed E-state index contributed by atoms with van der Waals surface area (Å²) in [5.74, 6) is -0.916. The molecular formula is C11H11FN2OS. The van der Waals surface area contributed by atoms with Gasteiger partial charge in [0.2, 0.25) is 0 Å². The lowest BCUT2D eigenvalue weighted by molar-refractivity contribution is 0.463. The minimum Gasteiger partial charge on any atom is -0.505 e. The van der Waals surface area contributed by atoms with Gasteiger partial charge in [-0.1, -0.05) is 12.1 Å². The molecule has 2 aromatic rings. The van der Waals surface area contributed by atoms with Crippen LogP contribution in [-0.2, 0) is 0 Å². The Hall–Kier alpha value is -1.59. The van der Waals surface area contributed by atoms with E-state index in [0.717, 1.165) is 4.88 Å². The molecule has 0 aliphatic rings. The van der Waals surface area contributed by atoms with Crippen LogP contribution in [0.4, 0.5) is 10.1 Å². The number of benzene rings is 1. The zero-order valence-corrected chi connectivity index (χ0v) is 9.17. The first-order valence-corrected chi connectivity index (χ1v) is 5.55. The van der Waals surface area contributed by atoms with Gasteiger partial charge in [-0.2, -0.15) is 0 Å². The quantitative estimate of drug-likeness (QED) is 0.555. The number of hydrogen-bond acceptors (Lipinski definition) is 4. The van der Waals surface area contributed by atoms with Gasteiger partial charge in [-0.3, -0.25) is 0 Å². The Morgan fingerprint density at radius 1 is 1.31 bits per heavy atom. The van der Waals surface area contributed by atoms with Crippen molar-refractivity contribution in [2.45, 2.75) is 6.04 Å². The Bertz CT molecular complexity index is 499. The topological polar surface area (TPSA) is 72.3 Å². The van der Waals surface area contributed by atoms with Crippen LogP contribution in [0.15, 0.2) is 29.6 Å². The molecule has 1 heterocycles. The maximum atomic E-state index is 13.0. The molecule has 0 aliphatic carbocycles. The van der Waals surface area contributed by atoms with Crippen LogP contribution in [-0.4, -0.2) is 5.11 Å². The second-order valence-electron chi connectivity index (χ2n) is 3.39. The van der Waals surface area contributed by atoms with Crippen molar-refractivity contribution < 1.29 is 9.50 Å². The zero-order valence-electron chi connectivity index (χ0n) is 8.35. The molecule has 5 N–H and O–H groups in total. The number of nitrogen functional groups attached to an aromatic ring is 1. The zero-order chi connectivity index (χ0) is 11.7. The Morgan fingerprint density at radius 2 is 2.06 bits per heavy atom. The van der Waals surface area contributed by atoms with E-state index in [1.165, 1.54) is 23.5 Å². The van der Waals surface area contributed by atoms with E-state index in [4.69, 9.17) is 11.5 Å². The number of halogens is 1. The van der Waals surface area contributed by atoms with E-state index in [-0.39, 0.29) is 11.4 Å². The van der Waals surface area contributed by atoms with Gasteiger partial charge in [0.05, 0.1) is 6.04 Å². The van der Waals surface area contributed by atoms with Crippen LogP contribution in [0.3, 0.4) is 0 Å². The number of phenolic OH excluding ortho intramolecular Hbond substituents is 1. The molecule has 0 saturated heterocycles. The Morgan fingerprint density at radius 3 is 2.69 bits per heavy atom.